The number of hydrogen-bond donors (Lipinski definition) is 1. The number of anilines is 2. The van der Waals surface area contributed by atoms with Crippen LogP contribution in [-0.4, -0.2) is 50.2 Å². The van der Waals surface area contributed by atoms with Crippen LogP contribution < -0.4 is 10.2 Å². The zero-order valence-corrected chi connectivity index (χ0v) is 17.6. The van der Waals surface area contributed by atoms with Gasteiger partial charge in [0.25, 0.3) is 0 Å². The molecule has 6 nitrogen and oxygen atoms in total. The molecule has 1 fully saturated rings. The van der Waals surface area contributed by atoms with Crippen molar-refractivity contribution in [3.8, 4) is 0 Å². The fraction of sp³-hybridized carbons (Fsp3) is 0.391. The van der Waals surface area contributed by atoms with Crippen molar-refractivity contribution in [1.82, 2.24) is 4.90 Å². The Bertz CT molecular complexity index is 864. The summed E-state index contributed by atoms with van der Waals surface area (Å²) in [5.74, 6) is -0.424. The number of rotatable bonds is 3. The molecule has 0 aliphatic carbocycles. The first-order chi connectivity index (χ1) is 13.8. The number of esters is 1. The standard InChI is InChI=1S/C23H29N3O3/c1-23(2,3)18-8-10-20(11-9-18)25-12-14-26(15-13-25)22(28)24-19-7-5-6-17(16-19)21(27)29-4/h5-11,16H,12-15H2,1-4H3,(H,24,28). The molecule has 1 N–H and O–H groups in total. The third-order valence-electron chi connectivity index (χ3n) is 5.20. The number of ether oxygens (including phenoxy) is 1. The summed E-state index contributed by atoms with van der Waals surface area (Å²) < 4.78 is 4.72. The van der Waals surface area contributed by atoms with E-state index in [0.29, 0.717) is 24.3 Å². The maximum Gasteiger partial charge on any atom is 0.337 e. The minimum Gasteiger partial charge on any atom is -0.465 e. The van der Waals surface area contributed by atoms with Gasteiger partial charge in [0.2, 0.25) is 0 Å². The highest BCUT2D eigenvalue weighted by atomic mass is 16.5. The van der Waals surface area contributed by atoms with E-state index < -0.39 is 5.97 Å². The number of carbonyl (C=O) groups is 2. The minimum atomic E-state index is -0.424. The molecule has 154 valence electrons. The monoisotopic (exact) mass is 395 g/mol. The zero-order valence-electron chi connectivity index (χ0n) is 17.6. The van der Waals surface area contributed by atoms with Crippen LogP contribution in [0.25, 0.3) is 0 Å². The molecule has 1 saturated heterocycles. The van der Waals surface area contributed by atoms with Crippen LogP contribution in [0.2, 0.25) is 0 Å². The average Bonchev–Trinajstić information content (AvgIpc) is 2.73. The number of nitrogens with zero attached hydrogens (tertiary/aromatic N) is 2. The summed E-state index contributed by atoms with van der Waals surface area (Å²) in [7, 11) is 1.34. The molecule has 0 atom stereocenters. The van der Waals surface area contributed by atoms with Crippen molar-refractivity contribution in [3.63, 3.8) is 0 Å². The van der Waals surface area contributed by atoms with Crippen molar-refractivity contribution in [3.05, 3.63) is 59.7 Å². The van der Waals surface area contributed by atoms with Gasteiger partial charge >= 0.3 is 12.0 Å². The second-order valence-electron chi connectivity index (χ2n) is 8.27. The number of carbonyl (C=O) groups excluding carboxylic acids is 2. The van der Waals surface area contributed by atoms with E-state index >= 15 is 0 Å². The zero-order chi connectivity index (χ0) is 21.0. The molecule has 0 radical (unpaired) electrons. The van der Waals surface area contributed by atoms with Gasteiger partial charge in [-0.1, -0.05) is 39.0 Å². The summed E-state index contributed by atoms with van der Waals surface area (Å²) in [5, 5.41) is 2.87. The fourth-order valence-electron chi connectivity index (χ4n) is 3.38. The number of piperazine rings is 1. The van der Waals surface area contributed by atoms with Gasteiger partial charge in [-0.25, -0.2) is 9.59 Å². The lowest BCUT2D eigenvalue weighted by atomic mass is 9.87. The van der Waals surface area contributed by atoms with Crippen molar-refractivity contribution < 1.29 is 14.3 Å². The smallest absolute Gasteiger partial charge is 0.337 e. The lowest BCUT2D eigenvalue weighted by Crippen LogP contribution is -2.50. The predicted octanol–water partition coefficient (Wildman–Crippen LogP) is 4.12. The van der Waals surface area contributed by atoms with E-state index in [1.807, 2.05) is 0 Å². The van der Waals surface area contributed by atoms with Crippen LogP contribution in [0.1, 0.15) is 36.7 Å². The van der Waals surface area contributed by atoms with E-state index in [0.717, 1.165) is 13.1 Å². The van der Waals surface area contributed by atoms with Crippen LogP contribution >= 0.6 is 0 Å². The Labute approximate surface area is 172 Å². The van der Waals surface area contributed by atoms with E-state index in [4.69, 9.17) is 4.74 Å². The summed E-state index contributed by atoms with van der Waals surface area (Å²) >= 11 is 0. The summed E-state index contributed by atoms with van der Waals surface area (Å²) in [6, 6.07) is 15.3. The summed E-state index contributed by atoms with van der Waals surface area (Å²) in [6.07, 6.45) is 0. The van der Waals surface area contributed by atoms with Crippen LogP contribution in [-0.2, 0) is 10.2 Å². The molecule has 1 heterocycles. The Hall–Kier alpha value is -3.02. The summed E-state index contributed by atoms with van der Waals surface area (Å²) in [6.45, 7) is 9.48. The SMILES string of the molecule is COC(=O)c1cccc(NC(=O)N2CCN(c3ccc(C(C)(C)C)cc3)CC2)c1. The van der Waals surface area contributed by atoms with E-state index in [1.165, 1.54) is 18.4 Å². The Morgan fingerprint density at radius 3 is 2.21 bits per heavy atom. The highest BCUT2D eigenvalue weighted by Gasteiger charge is 2.22. The molecule has 0 bridgehead atoms. The lowest BCUT2D eigenvalue weighted by Gasteiger charge is -2.36. The number of benzene rings is 2. The molecule has 0 spiro atoms. The summed E-state index contributed by atoms with van der Waals surface area (Å²) in [5.41, 5.74) is 3.63. The highest BCUT2D eigenvalue weighted by Crippen LogP contribution is 2.25. The van der Waals surface area contributed by atoms with Gasteiger partial charge in [0, 0.05) is 37.6 Å². The van der Waals surface area contributed by atoms with Gasteiger partial charge in [-0.15, -0.1) is 0 Å². The van der Waals surface area contributed by atoms with E-state index in [1.54, 1.807) is 29.2 Å². The van der Waals surface area contributed by atoms with Gasteiger partial charge in [0.05, 0.1) is 12.7 Å². The van der Waals surface area contributed by atoms with E-state index in [-0.39, 0.29) is 11.4 Å². The second kappa shape index (κ2) is 8.55. The van der Waals surface area contributed by atoms with Gasteiger partial charge in [-0.3, -0.25) is 0 Å². The lowest BCUT2D eigenvalue weighted by molar-refractivity contribution is 0.0600. The highest BCUT2D eigenvalue weighted by molar-refractivity contribution is 5.94. The predicted molar refractivity (Wildman–Crippen MR) is 116 cm³/mol. The molecule has 2 aromatic carbocycles. The largest absolute Gasteiger partial charge is 0.465 e. The van der Waals surface area contributed by atoms with Crippen LogP contribution in [0, 0.1) is 0 Å². The molecule has 0 saturated carbocycles. The number of nitrogens with one attached hydrogen (secondary N) is 1. The Morgan fingerprint density at radius 2 is 1.62 bits per heavy atom. The minimum absolute atomic E-state index is 0.139. The van der Waals surface area contributed by atoms with Crippen LogP contribution in [0.3, 0.4) is 0 Å². The molecule has 6 heteroatoms. The van der Waals surface area contributed by atoms with E-state index in [2.05, 4.69) is 55.3 Å². The van der Waals surface area contributed by atoms with E-state index in [9.17, 15) is 9.59 Å². The van der Waals surface area contributed by atoms with Gasteiger partial charge in [0.15, 0.2) is 0 Å². The molecular formula is C23H29N3O3. The first kappa shape index (κ1) is 20.7. The van der Waals surface area contributed by atoms with Crippen LogP contribution in [0.15, 0.2) is 48.5 Å². The van der Waals surface area contributed by atoms with Crippen LogP contribution in [0.5, 0.6) is 0 Å². The molecule has 0 unspecified atom stereocenters. The molecule has 1 aliphatic heterocycles. The average molecular weight is 396 g/mol. The van der Waals surface area contributed by atoms with Crippen molar-refractivity contribution in [2.75, 3.05) is 43.5 Å². The van der Waals surface area contributed by atoms with Crippen molar-refractivity contribution in [2.45, 2.75) is 26.2 Å². The second-order valence-corrected chi connectivity index (χ2v) is 8.27. The molecule has 2 amide bonds. The molecular weight excluding hydrogens is 366 g/mol. The van der Waals surface area contributed by atoms with Crippen LogP contribution in [0.4, 0.5) is 16.2 Å². The molecule has 0 aromatic heterocycles. The number of urea groups is 1. The first-order valence-electron chi connectivity index (χ1n) is 9.88. The molecule has 3 rings (SSSR count). The molecule has 29 heavy (non-hydrogen) atoms. The van der Waals surface area contributed by atoms with Gasteiger partial charge in [-0.05, 0) is 41.3 Å². The Balaban J connectivity index is 1.56. The fourth-order valence-corrected chi connectivity index (χ4v) is 3.38. The van der Waals surface area contributed by atoms with Gasteiger partial charge < -0.3 is 19.9 Å². The van der Waals surface area contributed by atoms with Crippen molar-refractivity contribution >= 4 is 23.4 Å². The van der Waals surface area contributed by atoms with Gasteiger partial charge in [-0.2, -0.15) is 0 Å². The third kappa shape index (κ3) is 5.08. The number of methoxy groups -OCH3 is 1. The van der Waals surface area contributed by atoms with Crippen molar-refractivity contribution in [1.29, 1.82) is 0 Å². The quantitative estimate of drug-likeness (QED) is 0.794. The third-order valence-corrected chi connectivity index (χ3v) is 5.20. The molecule has 2 aromatic rings. The Morgan fingerprint density at radius 1 is 0.966 bits per heavy atom. The normalized spacial score (nSPS) is 14.5. The van der Waals surface area contributed by atoms with Crippen molar-refractivity contribution in [2.24, 2.45) is 0 Å². The number of hydrogen-bond acceptors (Lipinski definition) is 4. The summed E-state index contributed by atoms with van der Waals surface area (Å²) in [4.78, 5) is 28.3. The first-order valence-corrected chi connectivity index (χ1v) is 9.88. The maximum absolute atomic E-state index is 12.6. The maximum atomic E-state index is 12.6. The number of amides is 2. The molecule has 1 aliphatic rings. The Kier molecular flexibility index (Phi) is 6.11. The topological polar surface area (TPSA) is 61.9 Å². The van der Waals surface area contributed by atoms with Gasteiger partial charge in [0.1, 0.15) is 0 Å².